The van der Waals surface area contributed by atoms with E-state index >= 15 is 0 Å². The molecule has 1 aromatic carbocycles. The Hall–Kier alpha value is -2.70. The molecular weight excluding hydrogens is 394 g/mol. The van der Waals surface area contributed by atoms with Crippen molar-refractivity contribution in [1.29, 1.82) is 0 Å². The van der Waals surface area contributed by atoms with E-state index in [2.05, 4.69) is 28.2 Å². The van der Waals surface area contributed by atoms with Gasteiger partial charge in [-0.15, -0.1) is 11.3 Å². The molecule has 0 radical (unpaired) electrons. The number of hydrogen-bond acceptors (Lipinski definition) is 6. The summed E-state index contributed by atoms with van der Waals surface area (Å²) in [4.78, 5) is 10.4. The van der Waals surface area contributed by atoms with Crippen LogP contribution in [0, 0.1) is 5.92 Å². The minimum atomic E-state index is 0.264. The zero-order valence-corrected chi connectivity index (χ0v) is 17.6. The van der Waals surface area contributed by atoms with Gasteiger partial charge in [0.2, 0.25) is 0 Å². The van der Waals surface area contributed by atoms with Crippen molar-refractivity contribution in [3.63, 3.8) is 0 Å². The molecule has 0 spiro atoms. The molecule has 0 atom stereocenters. The third kappa shape index (κ3) is 4.25. The van der Waals surface area contributed by atoms with Crippen molar-refractivity contribution in [2.24, 2.45) is 16.6 Å². The summed E-state index contributed by atoms with van der Waals surface area (Å²) in [5.41, 5.74) is 9.46. The number of fused-ring (bicyclic) bond motifs is 1. The second-order valence-corrected chi connectivity index (χ2v) is 8.87. The van der Waals surface area contributed by atoms with Gasteiger partial charge in [0, 0.05) is 36.3 Å². The van der Waals surface area contributed by atoms with Crippen molar-refractivity contribution < 1.29 is 9.47 Å². The third-order valence-corrected chi connectivity index (χ3v) is 6.74. The number of nitrogens with two attached hydrogens (primary N) is 1. The average Bonchev–Trinajstić information content (AvgIpc) is 3.53. The van der Waals surface area contributed by atoms with Gasteiger partial charge in [0.1, 0.15) is 5.75 Å². The van der Waals surface area contributed by atoms with Gasteiger partial charge < -0.3 is 15.2 Å². The van der Waals surface area contributed by atoms with Gasteiger partial charge in [-0.1, -0.05) is 30.3 Å². The molecule has 0 unspecified atom stereocenters. The molecule has 5 nitrogen and oxygen atoms in total. The van der Waals surface area contributed by atoms with Gasteiger partial charge in [-0.25, -0.2) is 0 Å². The van der Waals surface area contributed by atoms with Gasteiger partial charge in [0.25, 0.3) is 0 Å². The lowest BCUT2D eigenvalue weighted by Crippen LogP contribution is -2.24. The second kappa shape index (κ2) is 8.58. The van der Waals surface area contributed by atoms with Gasteiger partial charge in [0.05, 0.1) is 28.2 Å². The van der Waals surface area contributed by atoms with Crippen LogP contribution in [0.3, 0.4) is 0 Å². The Morgan fingerprint density at radius 3 is 2.70 bits per heavy atom. The summed E-state index contributed by atoms with van der Waals surface area (Å²) >= 11 is 1.69. The minimum Gasteiger partial charge on any atom is -0.452 e. The highest BCUT2D eigenvalue weighted by Crippen LogP contribution is 2.38. The second-order valence-electron chi connectivity index (χ2n) is 7.82. The quantitative estimate of drug-likeness (QED) is 0.442. The number of nitrogens with zero attached hydrogens (tertiary/aromatic N) is 2. The van der Waals surface area contributed by atoms with E-state index in [0.717, 1.165) is 60.6 Å². The standard InChI is InChI=1S/C24H25N3O2S/c25-23(17-9-12-28-13-10-17)21(15-27-18-6-7-18)29-20-8-11-26-19-14-22(30-24(19)20)16-4-2-1-3-5-16/h1-5,8,11,14-15,17-18H,6-7,9-10,12-13,25H2. The molecule has 5 rings (SSSR count). The first-order valence-corrected chi connectivity index (χ1v) is 11.3. The number of ether oxygens (including phenoxy) is 2. The fourth-order valence-electron chi connectivity index (χ4n) is 3.62. The number of rotatable bonds is 6. The highest BCUT2D eigenvalue weighted by molar-refractivity contribution is 7.22. The Morgan fingerprint density at radius 2 is 1.93 bits per heavy atom. The van der Waals surface area contributed by atoms with E-state index in [1.165, 1.54) is 10.4 Å². The van der Waals surface area contributed by atoms with E-state index < -0.39 is 0 Å². The predicted molar refractivity (Wildman–Crippen MR) is 122 cm³/mol. The van der Waals surface area contributed by atoms with Gasteiger partial charge in [-0.05, 0) is 37.3 Å². The van der Waals surface area contributed by atoms with Crippen LogP contribution in [0.15, 0.2) is 65.1 Å². The van der Waals surface area contributed by atoms with Crippen LogP contribution in [-0.2, 0) is 4.74 Å². The summed E-state index contributed by atoms with van der Waals surface area (Å²) < 4.78 is 12.9. The molecule has 2 aromatic heterocycles. The number of hydrogen-bond donors (Lipinski definition) is 1. The first-order valence-electron chi connectivity index (χ1n) is 10.5. The van der Waals surface area contributed by atoms with E-state index in [-0.39, 0.29) is 5.92 Å². The van der Waals surface area contributed by atoms with Crippen LogP contribution < -0.4 is 10.5 Å². The molecule has 0 amide bonds. The number of benzene rings is 1. The lowest BCUT2D eigenvalue weighted by Gasteiger charge is -2.23. The van der Waals surface area contributed by atoms with Crippen molar-refractivity contribution in [2.45, 2.75) is 31.7 Å². The fraction of sp³-hybridized carbons (Fsp3) is 0.333. The van der Waals surface area contributed by atoms with Gasteiger partial charge in [-0.2, -0.15) is 0 Å². The molecule has 2 fully saturated rings. The van der Waals surface area contributed by atoms with E-state index in [4.69, 9.17) is 15.2 Å². The Morgan fingerprint density at radius 1 is 1.13 bits per heavy atom. The van der Waals surface area contributed by atoms with Crippen LogP contribution in [0.25, 0.3) is 20.7 Å². The van der Waals surface area contributed by atoms with Crippen LogP contribution in [0.5, 0.6) is 5.75 Å². The zero-order valence-electron chi connectivity index (χ0n) is 16.8. The Bertz CT molecular complexity index is 1080. The maximum absolute atomic E-state index is 6.58. The summed E-state index contributed by atoms with van der Waals surface area (Å²) in [6.45, 7) is 1.48. The van der Waals surface area contributed by atoms with Gasteiger partial charge in [-0.3, -0.25) is 9.98 Å². The van der Waals surface area contributed by atoms with Crippen molar-refractivity contribution in [3.8, 4) is 16.2 Å². The molecule has 1 aliphatic carbocycles. The van der Waals surface area contributed by atoms with Gasteiger partial charge >= 0.3 is 0 Å². The molecule has 30 heavy (non-hydrogen) atoms. The van der Waals surface area contributed by atoms with E-state index in [1.54, 1.807) is 17.5 Å². The lowest BCUT2D eigenvalue weighted by molar-refractivity contribution is 0.0746. The summed E-state index contributed by atoms with van der Waals surface area (Å²) in [5, 5.41) is 0. The largest absolute Gasteiger partial charge is 0.452 e. The third-order valence-electron chi connectivity index (χ3n) is 5.55. The zero-order chi connectivity index (χ0) is 20.3. The topological polar surface area (TPSA) is 69.7 Å². The SMILES string of the molecule is NC(=C(C=NC1CC1)Oc1ccnc2cc(-c3ccccc3)sc12)C1CCOCC1. The number of aliphatic imine (C=N–C) groups is 1. The normalized spacial score (nSPS) is 18.7. The highest BCUT2D eigenvalue weighted by atomic mass is 32.1. The van der Waals surface area contributed by atoms with Crippen LogP contribution >= 0.6 is 11.3 Å². The molecule has 0 bridgehead atoms. The van der Waals surface area contributed by atoms with Crippen molar-refractivity contribution in [2.75, 3.05) is 13.2 Å². The molecule has 3 heterocycles. The number of thiophene rings is 1. The summed E-state index contributed by atoms with van der Waals surface area (Å²) in [6, 6.07) is 14.8. The monoisotopic (exact) mass is 419 g/mol. The van der Waals surface area contributed by atoms with E-state index in [9.17, 15) is 0 Å². The Kier molecular flexibility index (Phi) is 5.51. The molecule has 6 heteroatoms. The first kappa shape index (κ1) is 19.3. The highest BCUT2D eigenvalue weighted by Gasteiger charge is 2.23. The van der Waals surface area contributed by atoms with Crippen LogP contribution in [0.1, 0.15) is 25.7 Å². The fourth-order valence-corrected chi connectivity index (χ4v) is 4.70. The number of pyridine rings is 1. The summed E-state index contributed by atoms with van der Waals surface area (Å²) in [5.74, 6) is 1.70. The minimum absolute atomic E-state index is 0.264. The van der Waals surface area contributed by atoms with Crippen LogP contribution in [0.2, 0.25) is 0 Å². The van der Waals surface area contributed by atoms with Crippen molar-refractivity contribution in [3.05, 3.63) is 60.1 Å². The molecule has 2 aliphatic rings. The van der Waals surface area contributed by atoms with Crippen LogP contribution in [-0.4, -0.2) is 30.5 Å². The van der Waals surface area contributed by atoms with Crippen LogP contribution in [0.4, 0.5) is 0 Å². The predicted octanol–water partition coefficient (Wildman–Crippen LogP) is 5.17. The number of aromatic nitrogens is 1. The average molecular weight is 420 g/mol. The molecule has 154 valence electrons. The lowest BCUT2D eigenvalue weighted by atomic mass is 9.96. The van der Waals surface area contributed by atoms with Gasteiger partial charge in [0.15, 0.2) is 5.76 Å². The molecular formula is C24H25N3O2S. The maximum atomic E-state index is 6.58. The number of allylic oxidation sites excluding steroid dienone is 2. The van der Waals surface area contributed by atoms with E-state index in [1.807, 2.05) is 30.5 Å². The molecule has 1 saturated heterocycles. The Labute approximate surface area is 180 Å². The smallest absolute Gasteiger partial charge is 0.164 e. The Balaban J connectivity index is 1.50. The molecule has 2 N–H and O–H groups in total. The van der Waals surface area contributed by atoms with Crippen molar-refractivity contribution in [1.82, 2.24) is 4.98 Å². The first-order chi connectivity index (χ1) is 14.8. The molecule has 1 aliphatic heterocycles. The van der Waals surface area contributed by atoms with E-state index in [0.29, 0.717) is 11.8 Å². The summed E-state index contributed by atoms with van der Waals surface area (Å²) in [6.07, 6.45) is 7.75. The van der Waals surface area contributed by atoms with Crippen molar-refractivity contribution >= 4 is 27.8 Å². The molecule has 3 aromatic rings. The summed E-state index contributed by atoms with van der Waals surface area (Å²) in [7, 11) is 0. The molecule has 1 saturated carbocycles. The maximum Gasteiger partial charge on any atom is 0.164 e.